The van der Waals surface area contributed by atoms with Gasteiger partial charge in [-0.2, -0.15) is 0 Å². The van der Waals surface area contributed by atoms with Gasteiger partial charge in [-0.1, -0.05) is 36.8 Å². The van der Waals surface area contributed by atoms with E-state index in [0.29, 0.717) is 5.92 Å². The molecule has 2 aromatic rings. The fourth-order valence-corrected chi connectivity index (χ4v) is 4.92. The Labute approximate surface area is 134 Å². The van der Waals surface area contributed by atoms with Crippen LogP contribution in [0.3, 0.4) is 0 Å². The van der Waals surface area contributed by atoms with E-state index in [9.17, 15) is 4.79 Å². The van der Waals surface area contributed by atoms with Gasteiger partial charge in [-0.15, -0.1) is 11.3 Å². The second-order valence-corrected chi connectivity index (χ2v) is 7.76. The molecule has 0 unspecified atom stereocenters. The van der Waals surface area contributed by atoms with Crippen LogP contribution in [-0.4, -0.2) is 10.9 Å². The van der Waals surface area contributed by atoms with E-state index < -0.39 is 0 Å². The molecule has 2 aliphatic rings. The first kappa shape index (κ1) is 13.9. The lowest BCUT2D eigenvalue weighted by Gasteiger charge is -2.19. The van der Waals surface area contributed by atoms with Crippen LogP contribution in [0.2, 0.25) is 0 Å². The summed E-state index contributed by atoms with van der Waals surface area (Å²) in [6.45, 7) is 2.06. The van der Waals surface area contributed by atoms with Gasteiger partial charge >= 0.3 is 0 Å². The molecule has 2 saturated carbocycles. The number of carbonyl (C=O) groups is 1. The number of rotatable bonds is 3. The molecule has 1 amide bonds. The van der Waals surface area contributed by atoms with Crippen LogP contribution >= 0.6 is 11.3 Å². The first-order chi connectivity index (χ1) is 10.7. The van der Waals surface area contributed by atoms with Crippen molar-refractivity contribution in [1.29, 1.82) is 0 Å². The summed E-state index contributed by atoms with van der Waals surface area (Å²) < 4.78 is 0. The van der Waals surface area contributed by atoms with Crippen LogP contribution < -0.4 is 5.32 Å². The molecular formula is C18H20N2OS. The molecule has 114 valence electrons. The highest BCUT2D eigenvalue weighted by atomic mass is 32.1. The number of aryl methyl sites for hydroxylation is 1. The molecule has 0 aliphatic heterocycles. The fourth-order valence-electron chi connectivity index (χ4n) is 4.08. The molecule has 1 heterocycles. The Bertz CT molecular complexity index is 694. The topological polar surface area (TPSA) is 42.0 Å². The van der Waals surface area contributed by atoms with Crippen molar-refractivity contribution in [3.05, 3.63) is 35.2 Å². The molecule has 1 N–H and O–H groups in total. The minimum atomic E-state index is 0.181. The lowest BCUT2D eigenvalue weighted by molar-refractivity contribution is -0.121. The quantitative estimate of drug-likeness (QED) is 0.907. The minimum absolute atomic E-state index is 0.181. The van der Waals surface area contributed by atoms with Crippen molar-refractivity contribution in [1.82, 2.24) is 4.98 Å². The third kappa shape index (κ3) is 2.45. The van der Waals surface area contributed by atoms with Gasteiger partial charge in [0.1, 0.15) is 0 Å². The van der Waals surface area contributed by atoms with E-state index in [1.807, 2.05) is 18.2 Å². The average molecular weight is 312 g/mol. The van der Waals surface area contributed by atoms with Gasteiger partial charge in [0.15, 0.2) is 5.13 Å². The van der Waals surface area contributed by atoms with Crippen molar-refractivity contribution in [2.45, 2.75) is 32.6 Å². The number of nitrogens with zero attached hydrogens (tertiary/aromatic N) is 1. The van der Waals surface area contributed by atoms with Crippen LogP contribution in [0, 0.1) is 24.7 Å². The molecule has 1 aromatic heterocycles. The number of amides is 1. The Kier molecular flexibility index (Phi) is 3.49. The number of hydrogen-bond donors (Lipinski definition) is 1. The second kappa shape index (κ2) is 5.51. The molecule has 4 heteroatoms. The Balaban J connectivity index is 1.51. The number of benzene rings is 1. The molecule has 4 rings (SSSR count). The van der Waals surface area contributed by atoms with Gasteiger partial charge in [-0.3, -0.25) is 4.79 Å². The van der Waals surface area contributed by atoms with Gasteiger partial charge in [0.25, 0.3) is 0 Å². The van der Waals surface area contributed by atoms with Gasteiger partial charge < -0.3 is 5.32 Å². The van der Waals surface area contributed by atoms with E-state index in [-0.39, 0.29) is 11.8 Å². The predicted molar refractivity (Wildman–Crippen MR) is 89.9 cm³/mol. The van der Waals surface area contributed by atoms with E-state index in [1.165, 1.54) is 19.3 Å². The summed E-state index contributed by atoms with van der Waals surface area (Å²) in [4.78, 5) is 18.3. The van der Waals surface area contributed by atoms with Crippen LogP contribution in [0.15, 0.2) is 30.3 Å². The lowest BCUT2D eigenvalue weighted by atomic mass is 9.88. The molecule has 0 radical (unpaired) electrons. The van der Waals surface area contributed by atoms with Crippen LogP contribution in [0.1, 0.15) is 30.6 Å². The van der Waals surface area contributed by atoms with Crippen molar-refractivity contribution in [3.63, 3.8) is 0 Å². The monoisotopic (exact) mass is 312 g/mol. The summed E-state index contributed by atoms with van der Waals surface area (Å²) in [6.07, 6.45) is 4.88. The first-order valence-electron chi connectivity index (χ1n) is 8.04. The maximum atomic E-state index is 12.5. The summed E-state index contributed by atoms with van der Waals surface area (Å²) in [5.74, 6) is 1.79. The minimum Gasteiger partial charge on any atom is -0.302 e. The Morgan fingerprint density at radius 3 is 2.73 bits per heavy atom. The van der Waals surface area contributed by atoms with Crippen molar-refractivity contribution >= 4 is 22.4 Å². The predicted octanol–water partition coefficient (Wildman–Crippen LogP) is 4.49. The number of anilines is 1. The smallest absolute Gasteiger partial charge is 0.229 e. The van der Waals surface area contributed by atoms with Crippen LogP contribution in [0.25, 0.3) is 11.3 Å². The highest BCUT2D eigenvalue weighted by Crippen LogP contribution is 2.48. The Morgan fingerprint density at radius 2 is 2.05 bits per heavy atom. The first-order valence-corrected chi connectivity index (χ1v) is 8.86. The molecule has 2 aliphatic carbocycles. The van der Waals surface area contributed by atoms with Crippen LogP contribution in [0.4, 0.5) is 5.13 Å². The van der Waals surface area contributed by atoms with E-state index in [0.717, 1.165) is 33.6 Å². The standard InChI is InChI=1S/C18H20N2OS/c1-11-16(13-5-3-2-4-6-13)19-18(22-11)20-17(21)15-10-12-7-8-14(15)9-12/h2-6,12,14-15H,7-10H2,1H3,(H,19,20,21)/t12-,14+,15-/m0/s1. The molecular weight excluding hydrogens is 292 g/mol. The third-order valence-electron chi connectivity index (χ3n) is 5.15. The zero-order valence-electron chi connectivity index (χ0n) is 12.7. The molecule has 1 aromatic carbocycles. The number of aromatic nitrogens is 1. The molecule has 22 heavy (non-hydrogen) atoms. The highest BCUT2D eigenvalue weighted by molar-refractivity contribution is 7.16. The molecule has 0 spiro atoms. The van der Waals surface area contributed by atoms with Crippen molar-refractivity contribution in [3.8, 4) is 11.3 Å². The molecule has 3 nitrogen and oxygen atoms in total. The molecule has 3 atom stereocenters. The van der Waals surface area contributed by atoms with E-state index in [1.54, 1.807) is 11.3 Å². The maximum absolute atomic E-state index is 12.5. The third-order valence-corrected chi connectivity index (χ3v) is 6.04. The largest absolute Gasteiger partial charge is 0.302 e. The number of carbonyl (C=O) groups excluding carboxylic acids is 1. The van der Waals surface area contributed by atoms with Crippen molar-refractivity contribution in [2.75, 3.05) is 5.32 Å². The van der Waals surface area contributed by atoms with E-state index >= 15 is 0 Å². The summed E-state index contributed by atoms with van der Waals surface area (Å²) >= 11 is 1.57. The van der Waals surface area contributed by atoms with Gasteiger partial charge in [0.2, 0.25) is 5.91 Å². The number of thiazole rings is 1. The van der Waals surface area contributed by atoms with Gasteiger partial charge in [-0.25, -0.2) is 4.98 Å². The summed E-state index contributed by atoms with van der Waals surface area (Å²) in [5.41, 5.74) is 2.09. The number of fused-ring (bicyclic) bond motifs is 2. The zero-order valence-corrected chi connectivity index (χ0v) is 13.5. The second-order valence-electron chi connectivity index (χ2n) is 6.56. The SMILES string of the molecule is Cc1sc(NC(=O)[C@H]2C[C@H]3CC[C@@H]2C3)nc1-c1ccccc1. The Hall–Kier alpha value is -1.68. The number of hydrogen-bond acceptors (Lipinski definition) is 3. The summed E-state index contributed by atoms with van der Waals surface area (Å²) in [7, 11) is 0. The maximum Gasteiger partial charge on any atom is 0.229 e. The lowest BCUT2D eigenvalue weighted by Crippen LogP contribution is -2.27. The van der Waals surface area contributed by atoms with Gasteiger partial charge in [-0.05, 0) is 38.0 Å². The Morgan fingerprint density at radius 1 is 1.23 bits per heavy atom. The number of nitrogens with one attached hydrogen (secondary N) is 1. The van der Waals surface area contributed by atoms with E-state index in [2.05, 4.69) is 29.4 Å². The molecule has 2 bridgehead atoms. The van der Waals surface area contributed by atoms with Gasteiger partial charge in [0.05, 0.1) is 5.69 Å². The molecule has 0 saturated heterocycles. The van der Waals surface area contributed by atoms with Crippen LogP contribution in [-0.2, 0) is 4.79 Å². The summed E-state index contributed by atoms with van der Waals surface area (Å²) in [5, 5.41) is 3.81. The summed E-state index contributed by atoms with van der Waals surface area (Å²) in [6, 6.07) is 10.2. The normalized spacial score (nSPS) is 26.3. The van der Waals surface area contributed by atoms with Gasteiger partial charge in [0, 0.05) is 16.4 Å². The van der Waals surface area contributed by atoms with Crippen LogP contribution in [0.5, 0.6) is 0 Å². The zero-order chi connectivity index (χ0) is 15.1. The van der Waals surface area contributed by atoms with Crippen molar-refractivity contribution in [2.24, 2.45) is 17.8 Å². The fraction of sp³-hybridized carbons (Fsp3) is 0.444. The molecule has 2 fully saturated rings. The highest BCUT2D eigenvalue weighted by Gasteiger charge is 2.43. The average Bonchev–Trinajstić information content (AvgIpc) is 3.23. The van der Waals surface area contributed by atoms with E-state index in [4.69, 9.17) is 0 Å². The van der Waals surface area contributed by atoms with Crippen molar-refractivity contribution < 1.29 is 4.79 Å².